The molecule has 6 nitrogen and oxygen atoms in total. The van der Waals surface area contributed by atoms with Crippen molar-refractivity contribution in [2.45, 2.75) is 0 Å². The highest BCUT2D eigenvalue weighted by Gasteiger charge is 2.06. The molecule has 8 heteroatoms. The first-order chi connectivity index (χ1) is 10.6. The number of rotatable bonds is 5. The van der Waals surface area contributed by atoms with Gasteiger partial charge in [-0.25, -0.2) is 9.38 Å². The van der Waals surface area contributed by atoms with Gasteiger partial charge in [-0.15, -0.1) is 0 Å². The van der Waals surface area contributed by atoms with Gasteiger partial charge in [0.1, 0.15) is 0 Å². The van der Waals surface area contributed by atoms with Gasteiger partial charge in [0.25, 0.3) is 0 Å². The Morgan fingerprint density at radius 3 is 2.82 bits per heavy atom. The summed E-state index contributed by atoms with van der Waals surface area (Å²) in [4.78, 5) is 18.0. The van der Waals surface area contributed by atoms with E-state index >= 15 is 0 Å². The van der Waals surface area contributed by atoms with Gasteiger partial charge in [0.05, 0.1) is 18.7 Å². The molecule has 0 unspecified atom stereocenters. The van der Waals surface area contributed by atoms with Gasteiger partial charge in [-0.1, -0.05) is 35.0 Å². The zero-order chi connectivity index (χ0) is 15.9. The van der Waals surface area contributed by atoms with Gasteiger partial charge in [-0.05, 0) is 6.07 Å². The Morgan fingerprint density at radius 1 is 1.32 bits per heavy atom. The molecule has 1 heterocycles. The minimum atomic E-state index is -0.652. The zero-order valence-corrected chi connectivity index (χ0v) is 12.7. The number of nitrogens with zero attached hydrogens (tertiary/aromatic N) is 5. The molecule has 0 spiro atoms. The third kappa shape index (κ3) is 4.49. The summed E-state index contributed by atoms with van der Waals surface area (Å²) < 4.78 is 13.5. The summed E-state index contributed by atoms with van der Waals surface area (Å²) in [5.74, 6) is -0.785. The summed E-state index contributed by atoms with van der Waals surface area (Å²) in [7, 11) is 3.52. The Hall–Kier alpha value is -2.54. The van der Waals surface area contributed by atoms with Crippen LogP contribution in [0.1, 0.15) is 5.56 Å². The van der Waals surface area contributed by atoms with Crippen LogP contribution in [-0.4, -0.2) is 41.5 Å². The number of hydrogen-bond acceptors (Lipinski definition) is 5. The maximum atomic E-state index is 13.5. The fourth-order valence-electron chi connectivity index (χ4n) is 1.36. The third-order valence-electron chi connectivity index (χ3n) is 2.35. The first-order valence-corrected chi connectivity index (χ1v) is 6.62. The molecule has 2 rings (SSSR count). The van der Waals surface area contributed by atoms with Gasteiger partial charge in [0, 0.05) is 24.7 Å². The molecule has 2 aromatic rings. The number of hydrogen-bond donors (Lipinski definition) is 0. The molecule has 1 aromatic heterocycles. The second kappa shape index (κ2) is 7.46. The molecule has 0 aliphatic rings. The molecule has 22 heavy (non-hydrogen) atoms. The van der Waals surface area contributed by atoms with Gasteiger partial charge < -0.3 is 9.74 Å². The predicted octanol–water partition coefficient (Wildman–Crippen LogP) is 2.90. The summed E-state index contributed by atoms with van der Waals surface area (Å²) in [6.45, 7) is 0. The van der Waals surface area contributed by atoms with E-state index in [0.717, 1.165) is 6.20 Å². The molecule has 1 aromatic carbocycles. The molecule has 0 atom stereocenters. The average molecular weight is 322 g/mol. The monoisotopic (exact) mass is 321 g/mol. The second-order valence-electron chi connectivity index (χ2n) is 4.38. The number of benzene rings is 1. The highest BCUT2D eigenvalue weighted by Crippen LogP contribution is 2.16. The van der Waals surface area contributed by atoms with Crippen LogP contribution in [0.4, 0.5) is 10.2 Å². The van der Waals surface area contributed by atoms with Crippen molar-refractivity contribution >= 4 is 30.0 Å². The Kier molecular flexibility index (Phi) is 5.37. The van der Waals surface area contributed by atoms with E-state index in [0.29, 0.717) is 10.6 Å². The average Bonchev–Trinajstić information content (AvgIpc) is 2.49. The molecule has 0 bridgehead atoms. The molecule has 0 radical (unpaired) electrons. The lowest BCUT2D eigenvalue weighted by molar-refractivity contribution is 0.313. The lowest BCUT2D eigenvalue weighted by Crippen LogP contribution is -2.07. The topological polar surface area (TPSA) is 63.0 Å². The predicted molar refractivity (Wildman–Crippen MR) is 83.5 cm³/mol. The molecule has 114 valence electrons. The molecule has 0 amide bonds. The largest absolute Gasteiger partial charge is 0.369 e. The Morgan fingerprint density at radius 2 is 2.09 bits per heavy atom. The minimum absolute atomic E-state index is 0.115. The smallest absolute Gasteiger partial charge is 0.347 e. The lowest BCUT2D eigenvalue weighted by Gasteiger charge is -2.03. The second-order valence-corrected chi connectivity index (χ2v) is 4.79. The molecule has 0 saturated heterocycles. The Bertz CT molecular complexity index is 705. The Labute approximate surface area is 131 Å². The summed E-state index contributed by atoms with van der Waals surface area (Å²) in [6.07, 6.45) is 3.80. The highest BCUT2D eigenvalue weighted by atomic mass is 35.5. The number of aliphatic imine (C=N–C) groups is 1. The van der Waals surface area contributed by atoms with E-state index in [1.807, 2.05) is 6.07 Å². The maximum absolute atomic E-state index is 13.5. The Balaban J connectivity index is 2.10. The van der Waals surface area contributed by atoms with Crippen LogP contribution in [0.25, 0.3) is 0 Å². The summed E-state index contributed by atoms with van der Waals surface area (Å²) in [5.41, 5.74) is 0.678. The van der Waals surface area contributed by atoms with Crippen LogP contribution in [0.15, 0.2) is 40.6 Å². The summed E-state index contributed by atoms with van der Waals surface area (Å²) in [5, 5.41) is 4.25. The van der Waals surface area contributed by atoms with Crippen LogP contribution in [-0.2, 0) is 0 Å². The molecular weight excluding hydrogens is 309 g/mol. The van der Waals surface area contributed by atoms with Crippen molar-refractivity contribution in [2.24, 2.45) is 10.1 Å². The number of halogens is 2. The minimum Gasteiger partial charge on any atom is -0.369 e. The molecular formula is C14H13ClFN5O. The van der Waals surface area contributed by atoms with Crippen molar-refractivity contribution < 1.29 is 9.23 Å². The molecule has 0 N–H and O–H groups in total. The summed E-state index contributed by atoms with van der Waals surface area (Å²) >= 11 is 5.97. The van der Waals surface area contributed by atoms with E-state index in [1.165, 1.54) is 12.6 Å². The van der Waals surface area contributed by atoms with Gasteiger partial charge in [0.15, 0.2) is 11.6 Å². The molecule has 0 fully saturated rings. The lowest BCUT2D eigenvalue weighted by atomic mass is 10.2. The molecule has 0 aliphatic carbocycles. The van der Waals surface area contributed by atoms with Crippen LogP contribution in [0.3, 0.4) is 0 Å². The fourth-order valence-corrected chi connectivity index (χ4v) is 1.54. The van der Waals surface area contributed by atoms with Gasteiger partial charge in [-0.3, -0.25) is 0 Å². The van der Waals surface area contributed by atoms with Crippen LogP contribution < -0.4 is 4.84 Å². The van der Waals surface area contributed by atoms with Crippen molar-refractivity contribution in [2.75, 3.05) is 14.1 Å². The van der Waals surface area contributed by atoms with E-state index in [-0.39, 0.29) is 11.8 Å². The van der Waals surface area contributed by atoms with Crippen LogP contribution >= 0.6 is 11.6 Å². The van der Waals surface area contributed by atoms with E-state index in [2.05, 4.69) is 20.1 Å². The summed E-state index contributed by atoms with van der Waals surface area (Å²) in [6, 6.07) is 7.00. The van der Waals surface area contributed by atoms with E-state index in [9.17, 15) is 4.39 Å². The third-order valence-corrected chi connectivity index (χ3v) is 2.69. The van der Waals surface area contributed by atoms with Crippen molar-refractivity contribution in [3.05, 3.63) is 46.9 Å². The first-order valence-electron chi connectivity index (χ1n) is 6.24. The van der Waals surface area contributed by atoms with Crippen LogP contribution in [0, 0.1) is 5.82 Å². The zero-order valence-electron chi connectivity index (χ0n) is 11.9. The van der Waals surface area contributed by atoms with Gasteiger partial charge in [-0.2, -0.15) is 9.97 Å². The van der Waals surface area contributed by atoms with E-state index in [1.54, 1.807) is 37.2 Å². The standard InChI is InChI=1S/C14H13ClFN5O/c1-21(2)9-18-13-12(16)8-17-14(20-13)22-19-7-10-5-3-4-6-11(10)15/h3-9H,1-2H3. The van der Waals surface area contributed by atoms with Crippen molar-refractivity contribution in [3.63, 3.8) is 0 Å². The van der Waals surface area contributed by atoms with Crippen molar-refractivity contribution in [3.8, 4) is 6.01 Å². The highest BCUT2D eigenvalue weighted by molar-refractivity contribution is 6.33. The van der Waals surface area contributed by atoms with Crippen molar-refractivity contribution in [1.82, 2.24) is 14.9 Å². The first kappa shape index (κ1) is 15.8. The van der Waals surface area contributed by atoms with Crippen LogP contribution in [0.2, 0.25) is 5.02 Å². The fraction of sp³-hybridized carbons (Fsp3) is 0.143. The van der Waals surface area contributed by atoms with Crippen molar-refractivity contribution in [1.29, 1.82) is 0 Å². The van der Waals surface area contributed by atoms with Gasteiger partial charge >= 0.3 is 6.01 Å². The number of oxime groups is 1. The molecule has 0 saturated carbocycles. The molecule has 0 aliphatic heterocycles. The number of aromatic nitrogens is 2. The normalized spacial score (nSPS) is 11.3. The quantitative estimate of drug-likeness (QED) is 0.482. The van der Waals surface area contributed by atoms with Crippen LogP contribution in [0.5, 0.6) is 6.01 Å². The maximum Gasteiger partial charge on any atom is 0.347 e. The van der Waals surface area contributed by atoms with Gasteiger partial charge in [0.2, 0.25) is 0 Å². The van der Waals surface area contributed by atoms with E-state index in [4.69, 9.17) is 16.4 Å². The van der Waals surface area contributed by atoms with E-state index < -0.39 is 5.82 Å². The SMILES string of the molecule is CN(C)C=Nc1nc(ON=Cc2ccccc2Cl)ncc1F.